The van der Waals surface area contributed by atoms with E-state index in [1.165, 1.54) is 12.1 Å². The topological polar surface area (TPSA) is 138 Å². The lowest BCUT2D eigenvalue weighted by Crippen LogP contribution is -2.59. The van der Waals surface area contributed by atoms with E-state index in [-0.39, 0.29) is 17.4 Å². The molecule has 1 amide bonds. The van der Waals surface area contributed by atoms with E-state index >= 15 is 0 Å². The summed E-state index contributed by atoms with van der Waals surface area (Å²) >= 11 is 0. The number of benzene rings is 4. The molecule has 0 radical (unpaired) electrons. The molecule has 10 nitrogen and oxygen atoms in total. The number of nitrogens with one attached hydrogen (secondary N) is 2. The van der Waals surface area contributed by atoms with Crippen LogP contribution in [0.3, 0.4) is 0 Å². The molecule has 10 heteroatoms. The van der Waals surface area contributed by atoms with Gasteiger partial charge in [0.25, 0.3) is 0 Å². The number of piperidine rings is 3. The van der Waals surface area contributed by atoms with Crippen LogP contribution in [0.1, 0.15) is 42.1 Å². The molecule has 52 heavy (non-hydrogen) atoms. The minimum atomic E-state index is -0.893. The van der Waals surface area contributed by atoms with Crippen molar-refractivity contribution in [1.82, 2.24) is 15.2 Å². The Morgan fingerprint density at radius 1 is 0.942 bits per heavy atom. The van der Waals surface area contributed by atoms with Gasteiger partial charge < -0.3 is 35.3 Å². The molecule has 1 aromatic heterocycles. The molecule has 4 heterocycles. The van der Waals surface area contributed by atoms with E-state index in [9.17, 15) is 24.9 Å². The summed E-state index contributed by atoms with van der Waals surface area (Å²) in [7, 11) is 0. The molecule has 8 rings (SSSR count). The number of aromatic hydroxyl groups is 1. The molecule has 3 saturated heterocycles. The summed E-state index contributed by atoms with van der Waals surface area (Å²) in [5.41, 5.74) is 5.59. The number of hydrogen-bond donors (Lipinski definition) is 5. The number of aliphatic hydroxyl groups excluding tert-OH is 1. The number of aryl methyl sites for hydroxylation is 1. The minimum absolute atomic E-state index is 0.0319. The summed E-state index contributed by atoms with van der Waals surface area (Å²) in [6.07, 6.45) is 2.71. The highest BCUT2D eigenvalue weighted by atomic mass is 16.5. The first-order valence-corrected chi connectivity index (χ1v) is 18.2. The van der Waals surface area contributed by atoms with Crippen LogP contribution in [0.5, 0.6) is 11.5 Å². The predicted molar refractivity (Wildman–Crippen MR) is 203 cm³/mol. The van der Waals surface area contributed by atoms with E-state index < -0.39 is 12.2 Å². The number of phenols is 1. The zero-order chi connectivity index (χ0) is 36.0. The van der Waals surface area contributed by atoms with Gasteiger partial charge in [-0.1, -0.05) is 60.7 Å². The number of aromatic nitrogens is 1. The Morgan fingerprint density at radius 2 is 1.71 bits per heavy atom. The molecule has 5 N–H and O–H groups in total. The van der Waals surface area contributed by atoms with Crippen molar-refractivity contribution in [3.8, 4) is 22.6 Å². The predicted octanol–water partition coefficient (Wildman–Crippen LogP) is 6.36. The quantitative estimate of drug-likeness (QED) is 0.0844. The number of carbonyl (C=O) groups is 1. The summed E-state index contributed by atoms with van der Waals surface area (Å²) in [6.45, 7) is 4.41. The van der Waals surface area contributed by atoms with Gasteiger partial charge in [0.1, 0.15) is 11.5 Å². The number of rotatable bonds is 14. The maximum atomic E-state index is 12.9. The molecule has 0 saturated carbocycles. The number of nitrogens with zero attached hydrogens (tertiary/aromatic N) is 2. The molecule has 2 atom stereocenters. The van der Waals surface area contributed by atoms with Crippen LogP contribution in [0.25, 0.3) is 22.0 Å². The minimum Gasteiger partial charge on any atom is -0.506 e. The lowest BCUT2D eigenvalue weighted by atomic mass is 9.82. The van der Waals surface area contributed by atoms with Crippen LogP contribution in [0.2, 0.25) is 0 Å². The van der Waals surface area contributed by atoms with Gasteiger partial charge in [0.15, 0.2) is 0 Å². The van der Waals surface area contributed by atoms with Gasteiger partial charge in [-0.15, -0.1) is 0 Å². The van der Waals surface area contributed by atoms with Gasteiger partial charge in [-0.2, -0.15) is 0 Å². The Balaban J connectivity index is 0.915. The molecular formula is C42H46N4O6. The van der Waals surface area contributed by atoms with Crippen LogP contribution in [-0.4, -0.2) is 76.7 Å². The Morgan fingerprint density at radius 3 is 2.44 bits per heavy atom. The van der Waals surface area contributed by atoms with Crippen molar-refractivity contribution in [2.45, 2.75) is 44.2 Å². The highest BCUT2D eigenvalue weighted by Crippen LogP contribution is 2.39. The fourth-order valence-electron chi connectivity index (χ4n) is 7.79. The SMILES string of the molecule is O=C(O)N(c1cc(CCCOc2ccc(CCNC[C@H](O)c3ccc(O)c4[nH]c(=O)ccc34)cc2)ccc1-c1ccccc1)C1CN2CCC1CC2. The first-order chi connectivity index (χ1) is 25.3. The van der Waals surface area contributed by atoms with Gasteiger partial charge in [0.05, 0.1) is 30.0 Å². The van der Waals surface area contributed by atoms with E-state index in [1.54, 1.807) is 17.0 Å². The molecule has 270 valence electrons. The van der Waals surface area contributed by atoms with Gasteiger partial charge >= 0.3 is 6.09 Å². The Bertz CT molecular complexity index is 2040. The van der Waals surface area contributed by atoms with Crippen LogP contribution in [0, 0.1) is 5.92 Å². The standard InChI is InChI=1S/C42H46N4O6/c47-38-16-14-34(35-15-17-40(49)44-41(35)38)39(48)26-43-21-18-28-8-11-32(12-9-28)52-24-4-5-29-10-13-33(30-6-2-1-3-7-30)36(25-29)46(42(50)51)37-27-45-22-19-31(37)20-23-45/h1-3,6-17,25,31,37,39,43,47-48H,4-5,18-24,26-27H2,(H,44,49)(H,50,51)/t37?,39-/m0/s1. The molecule has 0 aliphatic carbocycles. The average molecular weight is 703 g/mol. The number of hydrogen-bond acceptors (Lipinski definition) is 7. The van der Waals surface area contributed by atoms with Gasteiger partial charge in [-0.3, -0.25) is 9.69 Å². The number of aliphatic hydroxyl groups is 1. The second-order valence-electron chi connectivity index (χ2n) is 13.9. The van der Waals surface area contributed by atoms with Crippen LogP contribution in [-0.2, 0) is 12.8 Å². The molecule has 0 spiro atoms. The lowest BCUT2D eigenvalue weighted by molar-refractivity contribution is 0.0837. The molecule has 3 aliphatic heterocycles. The molecular weight excluding hydrogens is 656 g/mol. The van der Waals surface area contributed by atoms with Crippen molar-refractivity contribution in [1.29, 1.82) is 0 Å². The van der Waals surface area contributed by atoms with E-state index in [2.05, 4.69) is 33.4 Å². The van der Waals surface area contributed by atoms with Crippen molar-refractivity contribution in [3.05, 3.63) is 124 Å². The van der Waals surface area contributed by atoms with Crippen LogP contribution in [0.4, 0.5) is 10.5 Å². The normalized spacial score (nSPS) is 18.7. The highest BCUT2D eigenvalue weighted by molar-refractivity contribution is 5.94. The third kappa shape index (κ3) is 7.99. The largest absolute Gasteiger partial charge is 0.506 e. The third-order valence-corrected chi connectivity index (χ3v) is 10.6. The average Bonchev–Trinajstić information content (AvgIpc) is 3.17. The number of aromatic amines is 1. The van der Waals surface area contributed by atoms with Crippen molar-refractivity contribution >= 4 is 22.7 Å². The summed E-state index contributed by atoms with van der Waals surface area (Å²) in [4.78, 5) is 31.2. The number of amides is 1. The van der Waals surface area contributed by atoms with Gasteiger partial charge in [-0.05, 0) is 110 Å². The van der Waals surface area contributed by atoms with E-state index in [0.717, 1.165) is 85.4 Å². The second kappa shape index (κ2) is 16.0. The maximum absolute atomic E-state index is 12.9. The monoisotopic (exact) mass is 702 g/mol. The van der Waals surface area contributed by atoms with Crippen molar-refractivity contribution in [3.63, 3.8) is 0 Å². The van der Waals surface area contributed by atoms with Crippen molar-refractivity contribution < 1.29 is 24.9 Å². The van der Waals surface area contributed by atoms with Crippen molar-refractivity contribution in [2.75, 3.05) is 44.2 Å². The van der Waals surface area contributed by atoms with Crippen molar-refractivity contribution in [2.24, 2.45) is 5.92 Å². The number of ether oxygens (including phenoxy) is 1. The van der Waals surface area contributed by atoms with Gasteiger partial charge in [0.2, 0.25) is 5.56 Å². The van der Waals surface area contributed by atoms with E-state index in [0.29, 0.717) is 42.1 Å². The summed E-state index contributed by atoms with van der Waals surface area (Å²) in [5.74, 6) is 1.14. The first-order valence-electron chi connectivity index (χ1n) is 18.2. The zero-order valence-electron chi connectivity index (χ0n) is 29.2. The smallest absolute Gasteiger partial charge is 0.412 e. The second-order valence-corrected chi connectivity index (χ2v) is 13.9. The summed E-state index contributed by atoms with van der Waals surface area (Å²) < 4.78 is 6.08. The fourth-order valence-corrected chi connectivity index (χ4v) is 7.79. The first kappa shape index (κ1) is 35.3. The third-order valence-electron chi connectivity index (χ3n) is 10.6. The number of anilines is 1. The van der Waals surface area contributed by atoms with Crippen LogP contribution < -0.4 is 20.5 Å². The molecule has 1 unspecified atom stereocenters. The Labute approximate surface area is 303 Å². The van der Waals surface area contributed by atoms with Gasteiger partial charge in [-0.25, -0.2) is 4.79 Å². The maximum Gasteiger partial charge on any atom is 0.412 e. The number of phenolic OH excluding ortho intramolecular Hbond substituents is 1. The summed E-state index contributed by atoms with van der Waals surface area (Å²) in [6, 6.07) is 30.4. The molecule has 3 aliphatic rings. The zero-order valence-corrected chi connectivity index (χ0v) is 29.2. The highest BCUT2D eigenvalue weighted by Gasteiger charge is 2.40. The Kier molecular flexibility index (Phi) is 10.9. The number of H-pyrrole nitrogens is 1. The Hall–Kier alpha value is -5.16. The molecule has 2 bridgehead atoms. The number of fused-ring (bicyclic) bond motifs is 4. The van der Waals surface area contributed by atoms with E-state index in [1.807, 2.05) is 54.6 Å². The fraction of sp³-hybridized carbons (Fsp3) is 0.333. The van der Waals surface area contributed by atoms with Crippen LogP contribution in [0.15, 0.2) is 102 Å². The van der Waals surface area contributed by atoms with Gasteiger partial charge in [0, 0.05) is 30.1 Å². The number of pyridine rings is 1. The van der Waals surface area contributed by atoms with Crippen LogP contribution >= 0.6 is 0 Å². The van der Waals surface area contributed by atoms with E-state index in [4.69, 9.17) is 4.74 Å². The lowest BCUT2D eigenvalue weighted by Gasteiger charge is -2.48. The molecule has 5 aromatic rings. The number of carboxylic acid groups (broad SMARTS) is 1. The molecule has 3 fully saturated rings. The summed E-state index contributed by atoms with van der Waals surface area (Å²) in [5, 5.41) is 35.4. The molecule has 4 aromatic carbocycles.